The Morgan fingerprint density at radius 2 is 1.95 bits per heavy atom. The first-order valence-electron chi connectivity index (χ1n) is 14.7. The summed E-state index contributed by atoms with van der Waals surface area (Å²) in [4.78, 5) is 18.2. The fourth-order valence-corrected chi connectivity index (χ4v) is 7.24. The second-order valence-corrected chi connectivity index (χ2v) is 14.6. The first-order valence-corrected chi connectivity index (χ1v) is 17.0. The van der Waals surface area contributed by atoms with Crippen LogP contribution in [0.15, 0.2) is 39.9 Å². The third-order valence-corrected chi connectivity index (χ3v) is 10.6. The Labute approximate surface area is 248 Å². The SMILES string of the molecule is C[C@@H]1CN([C@H](C)CO)C(=O)c2cc(NS(=O)(=O)c3cccs3)ccc2O[C@@H](C)CCCCO[C@@H]1CN(C)CC1CC1. The molecule has 1 aromatic heterocycles. The van der Waals surface area contributed by atoms with Crippen LogP contribution in [-0.2, 0) is 14.8 Å². The van der Waals surface area contributed by atoms with Crippen molar-refractivity contribution < 1.29 is 27.8 Å². The lowest BCUT2D eigenvalue weighted by molar-refractivity contribution is -0.0172. The number of sulfonamides is 1. The smallest absolute Gasteiger partial charge is 0.271 e. The number of benzene rings is 1. The molecule has 9 nitrogen and oxygen atoms in total. The molecule has 1 aromatic carbocycles. The van der Waals surface area contributed by atoms with E-state index in [0.717, 1.165) is 49.6 Å². The summed E-state index contributed by atoms with van der Waals surface area (Å²) in [5.41, 5.74) is 0.534. The van der Waals surface area contributed by atoms with E-state index >= 15 is 0 Å². The predicted octanol–water partition coefficient (Wildman–Crippen LogP) is 4.69. The zero-order valence-corrected chi connectivity index (χ0v) is 26.3. The maximum atomic E-state index is 14.2. The van der Waals surface area contributed by atoms with Gasteiger partial charge in [-0.3, -0.25) is 9.52 Å². The molecule has 1 amide bonds. The van der Waals surface area contributed by atoms with Gasteiger partial charge in [0, 0.05) is 37.8 Å². The third-order valence-electron chi connectivity index (χ3n) is 7.82. The lowest BCUT2D eigenvalue weighted by Crippen LogP contribution is -2.47. The average Bonchev–Trinajstić information content (AvgIpc) is 3.55. The fraction of sp³-hybridized carbons (Fsp3) is 0.633. The number of ether oxygens (including phenoxy) is 2. The standard InChI is InChI=1S/C30H45N3O6S2/c1-21-17-33(22(2)20-34)30(35)26-16-25(31-41(36,37)29-9-7-15-40-29)12-13-27(26)39-23(3)8-5-6-14-38-28(21)19-32(4)18-24-10-11-24/h7,9,12-13,15-16,21-24,28,31,34H,5-6,8,10-11,14,17-20H2,1-4H3/t21-,22-,23+,28-/m1/s1. The van der Waals surface area contributed by atoms with Crippen molar-refractivity contribution in [2.75, 3.05) is 44.6 Å². The van der Waals surface area contributed by atoms with E-state index in [-0.39, 0.29) is 46.1 Å². The predicted molar refractivity (Wildman–Crippen MR) is 162 cm³/mol. The van der Waals surface area contributed by atoms with Crippen molar-refractivity contribution in [2.45, 2.75) is 75.3 Å². The molecule has 228 valence electrons. The first kappa shape index (κ1) is 31.7. The zero-order chi connectivity index (χ0) is 29.6. The van der Waals surface area contributed by atoms with Crippen molar-refractivity contribution in [1.29, 1.82) is 0 Å². The highest BCUT2D eigenvalue weighted by atomic mass is 32.2. The molecule has 2 heterocycles. The summed E-state index contributed by atoms with van der Waals surface area (Å²) in [6.45, 7) is 8.53. The molecule has 4 rings (SSSR count). The molecule has 0 spiro atoms. The number of amides is 1. The Bertz CT molecular complexity index is 1230. The van der Waals surface area contributed by atoms with Crippen LogP contribution in [0.3, 0.4) is 0 Å². The van der Waals surface area contributed by atoms with Crippen molar-refractivity contribution in [3.8, 4) is 5.75 Å². The molecule has 0 radical (unpaired) electrons. The van der Waals surface area contributed by atoms with Crippen LogP contribution in [0.5, 0.6) is 5.75 Å². The van der Waals surface area contributed by atoms with E-state index in [1.54, 1.807) is 34.5 Å². The monoisotopic (exact) mass is 607 g/mol. The van der Waals surface area contributed by atoms with Gasteiger partial charge < -0.3 is 24.4 Å². The van der Waals surface area contributed by atoms with Gasteiger partial charge in [0.25, 0.3) is 15.9 Å². The Hall–Kier alpha value is -2.18. The van der Waals surface area contributed by atoms with Crippen molar-refractivity contribution in [3.63, 3.8) is 0 Å². The van der Waals surface area contributed by atoms with Crippen molar-refractivity contribution in [1.82, 2.24) is 9.80 Å². The zero-order valence-electron chi connectivity index (χ0n) is 24.6. The minimum Gasteiger partial charge on any atom is -0.490 e. The topological polar surface area (TPSA) is 108 Å². The number of aliphatic hydroxyl groups is 1. The third kappa shape index (κ3) is 8.90. The van der Waals surface area contributed by atoms with Crippen LogP contribution in [0, 0.1) is 11.8 Å². The number of carbonyl (C=O) groups is 1. The van der Waals surface area contributed by atoms with Crippen LogP contribution in [0.2, 0.25) is 0 Å². The van der Waals surface area contributed by atoms with E-state index in [4.69, 9.17) is 9.47 Å². The molecule has 1 saturated carbocycles. The highest BCUT2D eigenvalue weighted by molar-refractivity contribution is 7.94. The summed E-state index contributed by atoms with van der Waals surface area (Å²) < 4.78 is 41.3. The molecule has 1 aliphatic carbocycles. The van der Waals surface area contributed by atoms with Gasteiger partial charge in [0.1, 0.15) is 9.96 Å². The molecule has 2 aromatic rings. The van der Waals surface area contributed by atoms with Crippen molar-refractivity contribution in [2.24, 2.45) is 11.8 Å². The molecule has 2 aliphatic rings. The van der Waals surface area contributed by atoms with Gasteiger partial charge in [0.05, 0.1) is 30.4 Å². The molecule has 41 heavy (non-hydrogen) atoms. The lowest BCUT2D eigenvalue weighted by Gasteiger charge is -2.36. The first-order chi connectivity index (χ1) is 19.6. The number of carbonyl (C=O) groups excluding carboxylic acids is 1. The highest BCUT2D eigenvalue weighted by Gasteiger charge is 2.31. The number of aliphatic hydroxyl groups excluding tert-OH is 1. The number of rotatable bonds is 9. The van der Waals surface area contributed by atoms with Crippen LogP contribution in [0.4, 0.5) is 5.69 Å². The lowest BCUT2D eigenvalue weighted by atomic mass is 10.0. The largest absolute Gasteiger partial charge is 0.490 e. The molecule has 0 bridgehead atoms. The summed E-state index contributed by atoms with van der Waals surface area (Å²) in [5, 5.41) is 11.8. The average molecular weight is 608 g/mol. The van der Waals surface area contributed by atoms with Gasteiger partial charge in [0.2, 0.25) is 0 Å². The summed E-state index contributed by atoms with van der Waals surface area (Å²) in [6.07, 6.45) is 4.98. The minimum atomic E-state index is -3.80. The number of thiophene rings is 1. The van der Waals surface area contributed by atoms with Gasteiger partial charge in [-0.15, -0.1) is 11.3 Å². The van der Waals surface area contributed by atoms with E-state index in [1.807, 2.05) is 13.8 Å². The second-order valence-electron chi connectivity index (χ2n) is 11.7. The minimum absolute atomic E-state index is 0.00125. The number of nitrogens with one attached hydrogen (secondary N) is 1. The molecule has 2 N–H and O–H groups in total. The van der Waals surface area contributed by atoms with Crippen molar-refractivity contribution >= 4 is 33.0 Å². The molecular formula is C30H45N3O6S2. The maximum absolute atomic E-state index is 14.2. The van der Waals surface area contributed by atoms with Crippen molar-refractivity contribution in [3.05, 3.63) is 41.3 Å². The summed E-state index contributed by atoms with van der Waals surface area (Å²) >= 11 is 1.12. The Balaban J connectivity index is 1.65. The van der Waals surface area contributed by atoms with E-state index in [1.165, 1.54) is 18.9 Å². The van der Waals surface area contributed by atoms with E-state index in [2.05, 4.69) is 23.6 Å². The van der Waals surface area contributed by atoms with E-state index in [9.17, 15) is 18.3 Å². The molecule has 0 unspecified atom stereocenters. The van der Waals surface area contributed by atoms with Gasteiger partial charge in [-0.05, 0) is 88.6 Å². The van der Waals surface area contributed by atoms with Crippen LogP contribution in [0.1, 0.15) is 63.2 Å². The maximum Gasteiger partial charge on any atom is 0.271 e. The summed E-state index contributed by atoms with van der Waals surface area (Å²) in [7, 11) is -1.67. The molecule has 4 atom stereocenters. The second kappa shape index (κ2) is 14.3. The van der Waals surface area contributed by atoms with E-state index in [0.29, 0.717) is 18.9 Å². The number of hydrogen-bond donors (Lipinski definition) is 2. The number of nitrogens with zero attached hydrogens (tertiary/aromatic N) is 2. The summed E-state index contributed by atoms with van der Waals surface area (Å²) in [6, 6.07) is 7.58. The Kier molecular flexibility index (Phi) is 11.1. The van der Waals surface area contributed by atoms with Crippen LogP contribution < -0.4 is 9.46 Å². The highest BCUT2D eigenvalue weighted by Crippen LogP contribution is 2.31. The van der Waals surface area contributed by atoms with Gasteiger partial charge in [-0.1, -0.05) is 13.0 Å². The van der Waals surface area contributed by atoms with Gasteiger partial charge in [-0.2, -0.15) is 0 Å². The Morgan fingerprint density at radius 1 is 1.17 bits per heavy atom. The number of likely N-dealkylation sites (N-methyl/N-ethyl adjacent to an activating group) is 1. The van der Waals surface area contributed by atoms with E-state index < -0.39 is 16.1 Å². The number of anilines is 1. The van der Waals surface area contributed by atoms with Crippen LogP contribution in [-0.4, -0.2) is 87.4 Å². The molecule has 1 aliphatic heterocycles. The molecular weight excluding hydrogens is 562 g/mol. The van der Waals surface area contributed by atoms with Gasteiger partial charge in [-0.25, -0.2) is 8.42 Å². The van der Waals surface area contributed by atoms with Gasteiger partial charge >= 0.3 is 0 Å². The van der Waals surface area contributed by atoms with Crippen LogP contribution >= 0.6 is 11.3 Å². The number of fused-ring (bicyclic) bond motifs is 1. The molecule has 11 heteroatoms. The fourth-order valence-electron chi connectivity index (χ4n) is 5.19. The van der Waals surface area contributed by atoms with Crippen LogP contribution in [0.25, 0.3) is 0 Å². The normalized spacial score (nSPS) is 23.9. The van der Waals surface area contributed by atoms with Gasteiger partial charge in [0.15, 0.2) is 0 Å². The molecule has 1 fully saturated rings. The molecule has 0 saturated heterocycles. The summed E-state index contributed by atoms with van der Waals surface area (Å²) in [5.74, 6) is 0.852. The number of hydrogen-bond acceptors (Lipinski definition) is 8. The Morgan fingerprint density at radius 3 is 2.63 bits per heavy atom. The quantitative estimate of drug-likeness (QED) is 0.426.